The summed E-state index contributed by atoms with van der Waals surface area (Å²) in [4.78, 5) is 12.2. The van der Waals surface area contributed by atoms with Crippen LogP contribution < -0.4 is 5.32 Å². The number of nitrogens with zero attached hydrogens (tertiary/aromatic N) is 1. The van der Waals surface area contributed by atoms with E-state index in [1.165, 1.54) is 0 Å². The Labute approximate surface area is 115 Å². The molecule has 112 valence electrons. The predicted molar refractivity (Wildman–Crippen MR) is 63.9 cm³/mol. The third-order valence-electron chi connectivity index (χ3n) is 4.00. The molecule has 0 radical (unpaired) electrons. The van der Waals surface area contributed by atoms with Gasteiger partial charge in [-0.05, 0) is 31.2 Å². The number of halogens is 5. The van der Waals surface area contributed by atoms with Gasteiger partial charge in [-0.15, -0.1) is 12.4 Å². The van der Waals surface area contributed by atoms with Gasteiger partial charge in [0.2, 0.25) is 0 Å². The second kappa shape index (κ2) is 5.83. The third-order valence-corrected chi connectivity index (χ3v) is 4.00. The smallest absolute Gasteiger partial charge is 0.337 e. The molecule has 3 nitrogen and oxygen atoms in total. The standard InChI is InChI=1S/C11H16F4N2O.ClH/c12-8(13)11(14,15)9(18)17-5-2-10(3-6-17)1-4-16-7-10;/h8,16H,1-7H2;1H. The number of nitrogens with one attached hydrogen (secondary N) is 1. The van der Waals surface area contributed by atoms with E-state index in [-0.39, 0.29) is 30.9 Å². The van der Waals surface area contributed by atoms with Crippen LogP contribution in [0.4, 0.5) is 17.6 Å². The van der Waals surface area contributed by atoms with E-state index in [9.17, 15) is 22.4 Å². The molecule has 0 saturated carbocycles. The molecule has 2 heterocycles. The Bertz CT molecular complexity index is 325. The molecule has 0 aromatic heterocycles. The van der Waals surface area contributed by atoms with Crippen LogP contribution in [-0.2, 0) is 4.79 Å². The van der Waals surface area contributed by atoms with E-state index in [2.05, 4.69) is 5.32 Å². The molecule has 1 spiro atoms. The van der Waals surface area contributed by atoms with Crippen molar-refractivity contribution in [1.82, 2.24) is 10.2 Å². The highest BCUT2D eigenvalue weighted by Crippen LogP contribution is 2.38. The fourth-order valence-electron chi connectivity index (χ4n) is 2.71. The lowest BCUT2D eigenvalue weighted by Crippen LogP contribution is -2.52. The Hall–Kier alpha value is -0.560. The number of carbonyl (C=O) groups excluding carboxylic acids is 1. The maximum absolute atomic E-state index is 12.9. The second-order valence-corrected chi connectivity index (χ2v) is 5.14. The van der Waals surface area contributed by atoms with Crippen molar-refractivity contribution < 1.29 is 22.4 Å². The van der Waals surface area contributed by atoms with Crippen molar-refractivity contribution in [1.29, 1.82) is 0 Å². The van der Waals surface area contributed by atoms with Gasteiger partial charge in [-0.1, -0.05) is 0 Å². The number of likely N-dealkylation sites (tertiary alicyclic amines) is 1. The number of hydrogen-bond donors (Lipinski definition) is 1. The first-order valence-electron chi connectivity index (χ1n) is 6.03. The topological polar surface area (TPSA) is 32.3 Å². The Morgan fingerprint density at radius 3 is 2.21 bits per heavy atom. The minimum Gasteiger partial charge on any atom is -0.337 e. The lowest BCUT2D eigenvalue weighted by molar-refractivity contribution is -0.182. The highest BCUT2D eigenvalue weighted by atomic mass is 35.5. The van der Waals surface area contributed by atoms with Gasteiger partial charge in [0.1, 0.15) is 0 Å². The first-order chi connectivity index (χ1) is 8.37. The quantitative estimate of drug-likeness (QED) is 0.791. The third kappa shape index (κ3) is 3.13. The van der Waals surface area contributed by atoms with Crippen LogP contribution in [0.2, 0.25) is 0 Å². The van der Waals surface area contributed by atoms with Crippen LogP contribution in [-0.4, -0.2) is 49.3 Å². The Morgan fingerprint density at radius 2 is 1.79 bits per heavy atom. The normalized spacial score (nSPS) is 22.7. The van der Waals surface area contributed by atoms with Crippen molar-refractivity contribution in [3.63, 3.8) is 0 Å². The number of hydrogen-bond acceptors (Lipinski definition) is 2. The van der Waals surface area contributed by atoms with Crippen molar-refractivity contribution in [2.45, 2.75) is 31.6 Å². The van der Waals surface area contributed by atoms with Crippen LogP contribution in [0.5, 0.6) is 0 Å². The summed E-state index contributed by atoms with van der Waals surface area (Å²) >= 11 is 0. The van der Waals surface area contributed by atoms with Gasteiger partial charge in [0.05, 0.1) is 0 Å². The number of alkyl halides is 4. The zero-order valence-corrected chi connectivity index (χ0v) is 11.1. The molecule has 19 heavy (non-hydrogen) atoms. The Morgan fingerprint density at radius 1 is 1.21 bits per heavy atom. The molecule has 0 atom stereocenters. The monoisotopic (exact) mass is 304 g/mol. The maximum atomic E-state index is 12.9. The van der Waals surface area contributed by atoms with Crippen LogP contribution in [0.1, 0.15) is 19.3 Å². The van der Waals surface area contributed by atoms with Gasteiger partial charge in [-0.25, -0.2) is 8.78 Å². The van der Waals surface area contributed by atoms with E-state index in [0.717, 1.165) is 24.4 Å². The molecule has 2 aliphatic heterocycles. The van der Waals surface area contributed by atoms with Crippen LogP contribution >= 0.6 is 12.4 Å². The van der Waals surface area contributed by atoms with E-state index in [4.69, 9.17) is 0 Å². The summed E-state index contributed by atoms with van der Waals surface area (Å²) in [5.41, 5.74) is 0.0664. The average Bonchev–Trinajstić information content (AvgIpc) is 2.77. The minimum atomic E-state index is -4.56. The minimum absolute atomic E-state index is 0. The molecule has 2 rings (SSSR count). The Balaban J connectivity index is 0.00000180. The largest absolute Gasteiger partial charge is 0.383 e. The van der Waals surface area contributed by atoms with Crippen LogP contribution in [0.25, 0.3) is 0 Å². The van der Waals surface area contributed by atoms with Crippen molar-refractivity contribution in [3.8, 4) is 0 Å². The van der Waals surface area contributed by atoms with Gasteiger partial charge in [-0.3, -0.25) is 4.79 Å². The van der Waals surface area contributed by atoms with Crippen molar-refractivity contribution in [2.75, 3.05) is 26.2 Å². The second-order valence-electron chi connectivity index (χ2n) is 5.14. The molecule has 0 bridgehead atoms. The molecule has 8 heteroatoms. The molecule has 2 aliphatic rings. The predicted octanol–water partition coefficient (Wildman–Crippen LogP) is 1.91. The maximum Gasteiger partial charge on any atom is 0.383 e. The molecule has 2 saturated heterocycles. The Kier molecular flexibility index (Phi) is 5.06. The van der Waals surface area contributed by atoms with E-state index >= 15 is 0 Å². The number of amides is 1. The van der Waals surface area contributed by atoms with Crippen molar-refractivity contribution >= 4 is 18.3 Å². The number of carbonyl (C=O) groups is 1. The summed E-state index contributed by atoms with van der Waals surface area (Å²) < 4.78 is 50.1. The van der Waals surface area contributed by atoms with Gasteiger partial charge < -0.3 is 10.2 Å². The summed E-state index contributed by atoms with van der Waals surface area (Å²) in [5, 5.41) is 3.20. The van der Waals surface area contributed by atoms with E-state index in [1.54, 1.807) is 0 Å². The van der Waals surface area contributed by atoms with Crippen molar-refractivity contribution in [2.24, 2.45) is 5.41 Å². The lowest BCUT2D eigenvalue weighted by atomic mass is 9.78. The molecule has 2 fully saturated rings. The molecule has 1 amide bonds. The zero-order chi connectivity index (χ0) is 13.4. The molecule has 0 aromatic rings. The first kappa shape index (κ1) is 16.5. The molecule has 0 aromatic carbocycles. The highest BCUT2D eigenvalue weighted by molar-refractivity contribution is 5.85. The number of rotatable bonds is 2. The van der Waals surface area contributed by atoms with Gasteiger partial charge in [-0.2, -0.15) is 8.78 Å². The summed E-state index contributed by atoms with van der Waals surface area (Å²) in [6.45, 7) is 1.99. The fraction of sp³-hybridized carbons (Fsp3) is 0.909. The summed E-state index contributed by atoms with van der Waals surface area (Å²) in [6.07, 6.45) is -1.77. The SMILES string of the molecule is Cl.O=C(N1CCC2(CCNC2)CC1)C(F)(F)C(F)F. The van der Waals surface area contributed by atoms with Crippen molar-refractivity contribution in [3.05, 3.63) is 0 Å². The molecular weight excluding hydrogens is 288 g/mol. The van der Waals surface area contributed by atoms with E-state index in [0.29, 0.717) is 12.8 Å². The molecule has 0 aliphatic carbocycles. The lowest BCUT2D eigenvalue weighted by Gasteiger charge is -2.39. The average molecular weight is 305 g/mol. The van der Waals surface area contributed by atoms with E-state index < -0.39 is 18.3 Å². The van der Waals surface area contributed by atoms with Crippen LogP contribution in [0.15, 0.2) is 0 Å². The molecular formula is C11H17ClF4N2O. The summed E-state index contributed by atoms with van der Waals surface area (Å²) in [5.74, 6) is -6.29. The summed E-state index contributed by atoms with van der Waals surface area (Å²) in [7, 11) is 0. The van der Waals surface area contributed by atoms with E-state index in [1.807, 2.05) is 0 Å². The van der Waals surface area contributed by atoms with Gasteiger partial charge in [0, 0.05) is 19.6 Å². The fourth-order valence-corrected chi connectivity index (χ4v) is 2.71. The zero-order valence-electron chi connectivity index (χ0n) is 10.3. The highest BCUT2D eigenvalue weighted by Gasteiger charge is 2.52. The van der Waals surface area contributed by atoms with Gasteiger partial charge in [0.15, 0.2) is 0 Å². The van der Waals surface area contributed by atoms with Gasteiger partial charge in [0.25, 0.3) is 5.91 Å². The van der Waals surface area contributed by atoms with Crippen LogP contribution in [0, 0.1) is 5.41 Å². The van der Waals surface area contributed by atoms with Crippen LogP contribution in [0.3, 0.4) is 0 Å². The summed E-state index contributed by atoms with van der Waals surface area (Å²) in [6, 6.07) is 0. The first-order valence-corrected chi connectivity index (χ1v) is 6.03. The molecule has 1 N–H and O–H groups in total. The van der Waals surface area contributed by atoms with Gasteiger partial charge >= 0.3 is 12.3 Å². The molecule has 0 unspecified atom stereocenters. The number of piperidine rings is 1.